The zero-order valence-corrected chi connectivity index (χ0v) is 12.9. The lowest BCUT2D eigenvalue weighted by Gasteiger charge is -2.02. The first-order chi connectivity index (χ1) is 10.6. The summed E-state index contributed by atoms with van der Waals surface area (Å²) in [5.41, 5.74) is 1.16. The van der Waals surface area contributed by atoms with E-state index in [0.717, 1.165) is 16.5 Å². The molecule has 1 fully saturated rings. The zero-order valence-electron chi connectivity index (χ0n) is 11.3. The van der Waals surface area contributed by atoms with Gasteiger partial charge in [-0.2, -0.15) is 10.5 Å². The number of nitrogens with zero attached hydrogens (tertiary/aromatic N) is 3. The summed E-state index contributed by atoms with van der Waals surface area (Å²) in [6.07, 6.45) is 0.782. The predicted molar refractivity (Wildman–Crippen MR) is 81.6 cm³/mol. The van der Waals surface area contributed by atoms with E-state index in [1.807, 2.05) is 30.3 Å². The van der Waals surface area contributed by atoms with E-state index in [4.69, 9.17) is 10.5 Å². The summed E-state index contributed by atoms with van der Waals surface area (Å²) in [5.74, 6) is 0.0755. The van der Waals surface area contributed by atoms with Crippen LogP contribution in [0.1, 0.15) is 29.3 Å². The van der Waals surface area contributed by atoms with Gasteiger partial charge in [0.1, 0.15) is 12.1 Å². The maximum Gasteiger partial charge on any atom is 0.230 e. The molecule has 2 aromatic rings. The van der Waals surface area contributed by atoms with E-state index in [9.17, 15) is 4.79 Å². The Morgan fingerprint density at radius 3 is 2.64 bits per heavy atom. The summed E-state index contributed by atoms with van der Waals surface area (Å²) < 4.78 is 1.00. The molecule has 1 heterocycles. The molecule has 3 rings (SSSR count). The van der Waals surface area contributed by atoms with Crippen molar-refractivity contribution in [1.29, 1.82) is 10.5 Å². The second-order valence-corrected chi connectivity index (χ2v) is 5.94. The van der Waals surface area contributed by atoms with E-state index < -0.39 is 0 Å². The number of amides is 1. The van der Waals surface area contributed by atoms with Gasteiger partial charge in [-0.15, -0.1) is 0 Å². The fraction of sp³-hybridized carbons (Fsp3) is 0.200. The van der Waals surface area contributed by atoms with Crippen molar-refractivity contribution in [3.05, 3.63) is 45.7 Å². The first-order valence-electron chi connectivity index (χ1n) is 6.59. The van der Waals surface area contributed by atoms with Gasteiger partial charge in [0.15, 0.2) is 11.4 Å². The van der Waals surface area contributed by atoms with Crippen LogP contribution in [0, 0.1) is 28.6 Å². The number of halogens is 1. The highest BCUT2D eigenvalue weighted by molar-refractivity contribution is 9.10. The van der Waals surface area contributed by atoms with Gasteiger partial charge < -0.3 is 4.98 Å². The number of anilines is 1. The van der Waals surface area contributed by atoms with E-state index in [1.165, 1.54) is 0 Å². The molecule has 0 saturated heterocycles. The highest BCUT2D eigenvalue weighted by Gasteiger charge is 2.44. The number of hydrogen-bond acceptors (Lipinski definition) is 4. The average Bonchev–Trinajstić information content (AvgIpc) is 3.22. The molecule has 6 nitrogen and oxygen atoms in total. The lowest BCUT2D eigenvalue weighted by molar-refractivity contribution is -0.117. The third kappa shape index (κ3) is 2.72. The van der Waals surface area contributed by atoms with Crippen LogP contribution >= 0.6 is 15.9 Å². The first kappa shape index (κ1) is 14.3. The van der Waals surface area contributed by atoms with Gasteiger partial charge in [0.2, 0.25) is 11.9 Å². The lowest BCUT2D eigenvalue weighted by Crippen LogP contribution is -2.15. The molecule has 1 aliphatic rings. The fourth-order valence-corrected chi connectivity index (χ4v) is 2.63. The lowest BCUT2D eigenvalue weighted by atomic mass is 10.1. The van der Waals surface area contributed by atoms with Gasteiger partial charge in [-0.3, -0.25) is 10.1 Å². The van der Waals surface area contributed by atoms with Gasteiger partial charge in [0.05, 0.1) is 0 Å². The first-order valence-corrected chi connectivity index (χ1v) is 7.38. The van der Waals surface area contributed by atoms with Gasteiger partial charge in [-0.05, 0) is 30.0 Å². The molecular formula is C15H10BrN5O. The number of carbonyl (C=O) groups is 1. The van der Waals surface area contributed by atoms with Crippen LogP contribution in [0.25, 0.3) is 0 Å². The normalized spacial score (nSPS) is 19.0. The monoisotopic (exact) mass is 355 g/mol. The van der Waals surface area contributed by atoms with Crippen molar-refractivity contribution in [3.63, 3.8) is 0 Å². The van der Waals surface area contributed by atoms with Crippen LogP contribution in [0.15, 0.2) is 28.7 Å². The summed E-state index contributed by atoms with van der Waals surface area (Å²) in [7, 11) is 0. The minimum atomic E-state index is -0.157. The Kier molecular flexibility index (Phi) is 3.66. The van der Waals surface area contributed by atoms with Crippen LogP contribution in [-0.4, -0.2) is 15.9 Å². The Labute approximate surface area is 134 Å². The largest absolute Gasteiger partial charge is 0.314 e. The molecule has 1 saturated carbocycles. The molecule has 22 heavy (non-hydrogen) atoms. The molecule has 0 radical (unpaired) electrons. The molecular weight excluding hydrogens is 346 g/mol. The molecule has 2 atom stereocenters. The summed E-state index contributed by atoms with van der Waals surface area (Å²) in [5, 5.41) is 20.3. The average molecular weight is 356 g/mol. The number of rotatable bonds is 3. The predicted octanol–water partition coefficient (Wildman–Crippen LogP) is 2.66. The number of benzene rings is 1. The van der Waals surface area contributed by atoms with E-state index >= 15 is 0 Å². The Hall–Kier alpha value is -2.64. The Bertz CT molecular complexity index is 780. The Morgan fingerprint density at radius 1 is 1.32 bits per heavy atom. The van der Waals surface area contributed by atoms with E-state index in [-0.39, 0.29) is 35.1 Å². The summed E-state index contributed by atoms with van der Waals surface area (Å²) in [6.45, 7) is 0. The SMILES string of the molecule is N#Cc1nc(NC(=O)[C@@H]2C[C@H]2c2ccc(Br)cc2)[nH]c1C#N. The molecule has 0 unspecified atom stereocenters. The van der Waals surface area contributed by atoms with Crippen molar-refractivity contribution in [2.75, 3.05) is 5.32 Å². The second-order valence-electron chi connectivity index (χ2n) is 5.02. The molecule has 0 spiro atoms. The molecule has 7 heteroatoms. The van der Waals surface area contributed by atoms with Crippen LogP contribution in [0.5, 0.6) is 0 Å². The van der Waals surface area contributed by atoms with E-state index in [0.29, 0.717) is 0 Å². The van der Waals surface area contributed by atoms with Gasteiger partial charge in [-0.25, -0.2) is 4.98 Å². The number of carbonyl (C=O) groups excluding carboxylic acids is 1. The summed E-state index contributed by atoms with van der Waals surface area (Å²) in [6, 6.07) is 11.5. The third-order valence-corrected chi connectivity index (χ3v) is 4.12. The summed E-state index contributed by atoms with van der Waals surface area (Å²) >= 11 is 3.38. The summed E-state index contributed by atoms with van der Waals surface area (Å²) in [4.78, 5) is 18.7. The molecule has 0 bridgehead atoms. The van der Waals surface area contributed by atoms with Crippen LogP contribution < -0.4 is 5.32 Å². The molecule has 0 aliphatic heterocycles. The topological polar surface area (TPSA) is 105 Å². The number of imidazole rings is 1. The molecule has 1 aromatic carbocycles. The zero-order chi connectivity index (χ0) is 15.7. The third-order valence-electron chi connectivity index (χ3n) is 3.59. The minimum Gasteiger partial charge on any atom is -0.314 e. The molecule has 1 aliphatic carbocycles. The van der Waals surface area contributed by atoms with Crippen LogP contribution in [0.2, 0.25) is 0 Å². The standard InChI is InChI=1S/C15H10BrN5O/c16-9-3-1-8(2-4-9)10-5-11(10)14(22)21-15-19-12(6-17)13(7-18)20-15/h1-4,10-11H,5H2,(H2,19,20,21,22)/t10-,11+/m0/s1. The minimum absolute atomic E-state index is 0.0157. The van der Waals surface area contributed by atoms with Crippen LogP contribution in [0.4, 0.5) is 5.95 Å². The van der Waals surface area contributed by atoms with Gasteiger partial charge in [0.25, 0.3) is 0 Å². The van der Waals surface area contributed by atoms with E-state index in [1.54, 1.807) is 6.07 Å². The van der Waals surface area contributed by atoms with Crippen molar-refractivity contribution >= 4 is 27.8 Å². The van der Waals surface area contributed by atoms with E-state index in [2.05, 4.69) is 31.2 Å². The van der Waals surface area contributed by atoms with Gasteiger partial charge in [-0.1, -0.05) is 28.1 Å². The van der Waals surface area contributed by atoms with Gasteiger partial charge in [0, 0.05) is 10.4 Å². The Morgan fingerprint density at radius 2 is 2.05 bits per heavy atom. The maximum absolute atomic E-state index is 12.2. The van der Waals surface area contributed by atoms with Crippen molar-refractivity contribution in [3.8, 4) is 12.1 Å². The van der Waals surface area contributed by atoms with Gasteiger partial charge >= 0.3 is 0 Å². The molecule has 1 amide bonds. The number of H-pyrrole nitrogens is 1. The highest BCUT2D eigenvalue weighted by atomic mass is 79.9. The Balaban J connectivity index is 1.67. The fourth-order valence-electron chi connectivity index (χ4n) is 2.37. The number of aromatic nitrogens is 2. The molecule has 1 aromatic heterocycles. The van der Waals surface area contributed by atoms with Crippen molar-refractivity contribution < 1.29 is 4.79 Å². The van der Waals surface area contributed by atoms with Crippen molar-refractivity contribution in [2.45, 2.75) is 12.3 Å². The number of aromatic amines is 1. The smallest absolute Gasteiger partial charge is 0.230 e. The molecule has 108 valence electrons. The van der Waals surface area contributed by atoms with Crippen LogP contribution in [-0.2, 0) is 4.79 Å². The number of nitrogens with one attached hydrogen (secondary N) is 2. The maximum atomic E-state index is 12.2. The van der Waals surface area contributed by atoms with Crippen molar-refractivity contribution in [1.82, 2.24) is 9.97 Å². The van der Waals surface area contributed by atoms with Crippen LogP contribution in [0.3, 0.4) is 0 Å². The highest BCUT2D eigenvalue weighted by Crippen LogP contribution is 2.48. The van der Waals surface area contributed by atoms with Crippen molar-refractivity contribution in [2.24, 2.45) is 5.92 Å². The molecule has 2 N–H and O–H groups in total. The second kappa shape index (κ2) is 5.63. The number of nitriles is 2. The quantitative estimate of drug-likeness (QED) is 0.882. The number of hydrogen-bond donors (Lipinski definition) is 2.